The molecule has 21 heavy (non-hydrogen) atoms. The molecular formula is C14H23N3OS3. The van der Waals surface area contributed by atoms with Crippen LogP contribution in [0.5, 0.6) is 0 Å². The SMILES string of the molecule is CCSc1nnc(S[C@@H](C(=O)N2CCCCC2)C(C)C)s1. The molecular weight excluding hydrogens is 322 g/mol. The van der Waals surface area contributed by atoms with Crippen molar-refractivity contribution in [2.45, 2.75) is 54.0 Å². The number of likely N-dealkylation sites (tertiary alicyclic amines) is 1. The third-order valence-corrected chi connectivity index (χ3v) is 6.96. The molecule has 1 aliphatic rings. The van der Waals surface area contributed by atoms with Crippen molar-refractivity contribution in [3.05, 3.63) is 0 Å². The number of rotatable bonds is 6. The van der Waals surface area contributed by atoms with Crippen LogP contribution in [0.3, 0.4) is 0 Å². The van der Waals surface area contributed by atoms with Crippen molar-refractivity contribution in [3.63, 3.8) is 0 Å². The van der Waals surface area contributed by atoms with Crippen LogP contribution in [0.25, 0.3) is 0 Å². The number of carbonyl (C=O) groups excluding carboxylic acids is 1. The Bertz CT molecular complexity index is 458. The summed E-state index contributed by atoms with van der Waals surface area (Å²) in [4.78, 5) is 14.8. The van der Waals surface area contributed by atoms with E-state index in [2.05, 4.69) is 31.0 Å². The first-order valence-corrected chi connectivity index (χ1v) is 10.2. The number of nitrogens with zero attached hydrogens (tertiary/aromatic N) is 3. The standard InChI is InChI=1S/C14H23N3OS3/c1-4-19-13-15-16-14(21-13)20-11(10(2)3)12(18)17-8-6-5-7-9-17/h10-11H,4-9H2,1-3H3/t11-/m1/s1. The van der Waals surface area contributed by atoms with Crippen LogP contribution in [0.15, 0.2) is 8.68 Å². The molecule has 0 spiro atoms. The Kier molecular flexibility index (Phi) is 6.82. The van der Waals surface area contributed by atoms with Gasteiger partial charge in [0.25, 0.3) is 0 Å². The summed E-state index contributed by atoms with van der Waals surface area (Å²) in [7, 11) is 0. The van der Waals surface area contributed by atoms with Gasteiger partial charge in [-0.05, 0) is 30.9 Å². The van der Waals surface area contributed by atoms with Gasteiger partial charge in [0.1, 0.15) is 0 Å². The van der Waals surface area contributed by atoms with Gasteiger partial charge >= 0.3 is 0 Å². The van der Waals surface area contributed by atoms with Crippen LogP contribution in [-0.4, -0.2) is 45.1 Å². The topological polar surface area (TPSA) is 46.1 Å². The van der Waals surface area contributed by atoms with Crippen LogP contribution in [0.4, 0.5) is 0 Å². The Morgan fingerprint density at radius 3 is 2.52 bits per heavy atom. The van der Waals surface area contributed by atoms with Crippen molar-refractivity contribution in [2.24, 2.45) is 5.92 Å². The smallest absolute Gasteiger partial charge is 0.236 e. The first-order valence-electron chi connectivity index (χ1n) is 7.53. The quantitative estimate of drug-likeness (QED) is 0.734. The average molecular weight is 346 g/mol. The van der Waals surface area contributed by atoms with E-state index in [0.717, 1.165) is 40.4 Å². The highest BCUT2D eigenvalue weighted by atomic mass is 32.2. The van der Waals surface area contributed by atoms with Gasteiger partial charge in [-0.3, -0.25) is 4.79 Å². The second-order valence-electron chi connectivity index (χ2n) is 5.44. The predicted octanol–water partition coefficient (Wildman–Crippen LogP) is 3.78. The minimum absolute atomic E-state index is 0.0458. The molecule has 0 radical (unpaired) electrons. The Morgan fingerprint density at radius 1 is 1.24 bits per heavy atom. The van der Waals surface area contributed by atoms with E-state index in [-0.39, 0.29) is 11.2 Å². The van der Waals surface area contributed by atoms with E-state index in [9.17, 15) is 4.79 Å². The molecule has 0 saturated carbocycles. The summed E-state index contributed by atoms with van der Waals surface area (Å²) >= 11 is 4.89. The third kappa shape index (κ3) is 4.86. The first kappa shape index (κ1) is 17.1. The second-order valence-corrected chi connectivity index (χ2v) is 9.31. The molecule has 4 nitrogen and oxygen atoms in total. The first-order chi connectivity index (χ1) is 10.1. The summed E-state index contributed by atoms with van der Waals surface area (Å²) in [5.41, 5.74) is 0. The predicted molar refractivity (Wildman–Crippen MR) is 91.2 cm³/mol. The Labute approximate surface area is 139 Å². The van der Waals surface area contributed by atoms with Crippen LogP contribution in [0.2, 0.25) is 0 Å². The molecule has 1 saturated heterocycles. The minimum atomic E-state index is -0.0458. The van der Waals surface area contributed by atoms with Gasteiger partial charge in [-0.1, -0.05) is 55.6 Å². The lowest BCUT2D eigenvalue weighted by atomic mass is 10.1. The molecule has 1 aliphatic heterocycles. The van der Waals surface area contributed by atoms with Gasteiger partial charge in [-0.25, -0.2) is 0 Å². The fourth-order valence-corrected chi connectivity index (χ4v) is 5.51. The van der Waals surface area contributed by atoms with Crippen LogP contribution in [0.1, 0.15) is 40.0 Å². The molecule has 118 valence electrons. The molecule has 1 aromatic rings. The van der Waals surface area contributed by atoms with Crippen LogP contribution in [0, 0.1) is 5.92 Å². The highest BCUT2D eigenvalue weighted by Crippen LogP contribution is 2.34. The van der Waals surface area contributed by atoms with Crippen molar-refractivity contribution >= 4 is 40.8 Å². The van der Waals surface area contributed by atoms with Crippen LogP contribution >= 0.6 is 34.9 Å². The zero-order valence-electron chi connectivity index (χ0n) is 12.9. The second kappa shape index (κ2) is 8.39. The highest BCUT2D eigenvalue weighted by Gasteiger charge is 2.30. The van der Waals surface area contributed by atoms with Gasteiger partial charge in [0, 0.05) is 13.1 Å². The van der Waals surface area contributed by atoms with Crippen molar-refractivity contribution in [1.29, 1.82) is 0 Å². The maximum absolute atomic E-state index is 12.7. The van der Waals surface area contributed by atoms with Crippen LogP contribution in [-0.2, 0) is 4.79 Å². The van der Waals surface area contributed by atoms with Gasteiger partial charge in [-0.15, -0.1) is 10.2 Å². The molecule has 1 fully saturated rings. The summed E-state index contributed by atoms with van der Waals surface area (Å²) in [6.45, 7) is 8.16. The van der Waals surface area contributed by atoms with E-state index in [1.807, 2.05) is 4.90 Å². The third-order valence-electron chi connectivity index (χ3n) is 3.40. The zero-order valence-corrected chi connectivity index (χ0v) is 15.3. The van der Waals surface area contributed by atoms with Gasteiger partial charge in [0.2, 0.25) is 5.91 Å². The number of thioether (sulfide) groups is 2. The maximum atomic E-state index is 12.7. The average Bonchev–Trinajstić information content (AvgIpc) is 2.92. The Hall–Kier alpha value is -0.270. The molecule has 7 heteroatoms. The van der Waals surface area contributed by atoms with Crippen molar-refractivity contribution in [2.75, 3.05) is 18.8 Å². The lowest BCUT2D eigenvalue weighted by Crippen LogP contribution is -2.42. The van der Waals surface area contributed by atoms with E-state index in [0.29, 0.717) is 5.92 Å². The fraction of sp³-hybridized carbons (Fsp3) is 0.786. The van der Waals surface area contributed by atoms with E-state index in [1.165, 1.54) is 6.42 Å². The van der Waals surface area contributed by atoms with Gasteiger partial charge in [0.05, 0.1) is 5.25 Å². The van der Waals surface area contributed by atoms with Crippen LogP contribution < -0.4 is 0 Å². The molecule has 0 aromatic carbocycles. The highest BCUT2D eigenvalue weighted by molar-refractivity contribution is 8.03. The fourth-order valence-electron chi connectivity index (χ4n) is 2.30. The van der Waals surface area contributed by atoms with Crippen molar-refractivity contribution < 1.29 is 4.79 Å². The lowest BCUT2D eigenvalue weighted by Gasteiger charge is -2.31. The molecule has 2 heterocycles. The summed E-state index contributed by atoms with van der Waals surface area (Å²) in [5, 5.41) is 8.35. The maximum Gasteiger partial charge on any atom is 0.236 e. The van der Waals surface area contributed by atoms with E-state index < -0.39 is 0 Å². The molecule has 0 N–H and O–H groups in total. The molecule has 0 bridgehead atoms. The molecule has 1 atom stereocenters. The molecule has 0 aliphatic carbocycles. The molecule has 1 aromatic heterocycles. The van der Waals surface area contributed by atoms with E-state index >= 15 is 0 Å². The van der Waals surface area contributed by atoms with E-state index in [1.54, 1.807) is 34.9 Å². The zero-order chi connectivity index (χ0) is 15.2. The largest absolute Gasteiger partial charge is 0.342 e. The van der Waals surface area contributed by atoms with Gasteiger partial charge in [0.15, 0.2) is 8.68 Å². The Balaban J connectivity index is 2.01. The molecule has 2 rings (SSSR count). The van der Waals surface area contributed by atoms with E-state index in [4.69, 9.17) is 0 Å². The van der Waals surface area contributed by atoms with Gasteiger partial charge in [-0.2, -0.15) is 0 Å². The van der Waals surface area contributed by atoms with Crippen molar-refractivity contribution in [3.8, 4) is 0 Å². The summed E-state index contributed by atoms with van der Waals surface area (Å²) in [6.07, 6.45) is 3.52. The number of piperidine rings is 1. The number of hydrogen-bond acceptors (Lipinski definition) is 6. The monoisotopic (exact) mass is 345 g/mol. The molecule has 0 unspecified atom stereocenters. The summed E-state index contributed by atoms with van der Waals surface area (Å²) < 4.78 is 1.91. The normalized spacial score (nSPS) is 17.2. The number of hydrogen-bond donors (Lipinski definition) is 0. The lowest BCUT2D eigenvalue weighted by molar-refractivity contribution is -0.132. The van der Waals surface area contributed by atoms with Gasteiger partial charge < -0.3 is 4.90 Å². The Morgan fingerprint density at radius 2 is 1.90 bits per heavy atom. The number of aromatic nitrogens is 2. The summed E-state index contributed by atoms with van der Waals surface area (Å²) in [6, 6.07) is 0. The minimum Gasteiger partial charge on any atom is -0.342 e. The molecule has 1 amide bonds. The van der Waals surface area contributed by atoms with Crippen molar-refractivity contribution in [1.82, 2.24) is 15.1 Å². The number of amides is 1. The summed E-state index contributed by atoms with van der Waals surface area (Å²) in [5.74, 6) is 1.57. The number of carbonyl (C=O) groups is 1.